The minimum Gasteiger partial charge on any atom is -0.383 e. The Labute approximate surface area is 153 Å². The molecule has 3 rings (SSSR count). The molecule has 0 saturated carbocycles. The van der Waals surface area contributed by atoms with E-state index in [4.69, 9.17) is 10.5 Å². The van der Waals surface area contributed by atoms with Gasteiger partial charge in [0.25, 0.3) is 5.56 Å². The molecule has 0 aliphatic carbocycles. The topological polar surface area (TPSA) is 77.6 Å². The number of aryl methyl sites for hydroxylation is 1. The minimum atomic E-state index is -0.249. The van der Waals surface area contributed by atoms with Crippen LogP contribution in [-0.4, -0.2) is 42.2 Å². The third-order valence-corrected chi connectivity index (χ3v) is 5.14. The summed E-state index contributed by atoms with van der Waals surface area (Å²) < 4.78 is 6.98. The van der Waals surface area contributed by atoms with Crippen LogP contribution in [-0.2, 0) is 22.6 Å². The number of ether oxygens (including phenoxy) is 1. The van der Waals surface area contributed by atoms with E-state index in [0.29, 0.717) is 26.2 Å². The predicted molar refractivity (Wildman–Crippen MR) is 102 cm³/mol. The molecule has 2 N–H and O–H groups in total. The van der Waals surface area contributed by atoms with Crippen LogP contribution in [0.15, 0.2) is 29.1 Å². The number of primary amides is 1. The summed E-state index contributed by atoms with van der Waals surface area (Å²) in [7, 11) is 1.64. The summed E-state index contributed by atoms with van der Waals surface area (Å²) in [6.45, 7) is 5.10. The molecule has 1 amide bonds. The van der Waals surface area contributed by atoms with Gasteiger partial charge in [-0.3, -0.25) is 14.5 Å². The lowest BCUT2D eigenvalue weighted by Gasteiger charge is -2.31. The normalized spacial score (nSPS) is 18.3. The van der Waals surface area contributed by atoms with Crippen LogP contribution in [0, 0.1) is 12.8 Å². The third-order valence-electron chi connectivity index (χ3n) is 5.14. The number of nitrogens with zero attached hydrogens (tertiary/aromatic N) is 2. The molecule has 0 bridgehead atoms. The monoisotopic (exact) mass is 357 g/mol. The first-order chi connectivity index (χ1) is 12.5. The Morgan fingerprint density at radius 2 is 2.15 bits per heavy atom. The van der Waals surface area contributed by atoms with E-state index in [9.17, 15) is 9.59 Å². The average Bonchev–Trinajstić information content (AvgIpc) is 2.62. The van der Waals surface area contributed by atoms with Gasteiger partial charge >= 0.3 is 0 Å². The number of nitrogens with two attached hydrogens (primary N) is 1. The molecule has 0 radical (unpaired) electrons. The molecule has 1 aliphatic rings. The number of carbonyl (C=O) groups is 1. The number of benzene rings is 1. The fourth-order valence-electron chi connectivity index (χ4n) is 3.76. The first kappa shape index (κ1) is 18.6. The summed E-state index contributed by atoms with van der Waals surface area (Å²) in [5.41, 5.74) is 8.33. The molecule has 1 aromatic carbocycles. The van der Waals surface area contributed by atoms with Gasteiger partial charge < -0.3 is 15.0 Å². The van der Waals surface area contributed by atoms with E-state index in [1.165, 1.54) is 0 Å². The van der Waals surface area contributed by atoms with Gasteiger partial charge in [0.05, 0.1) is 18.0 Å². The molecule has 1 aliphatic heterocycles. The Morgan fingerprint density at radius 1 is 1.35 bits per heavy atom. The number of hydrogen-bond acceptors (Lipinski definition) is 4. The maximum atomic E-state index is 13.1. The molecular weight excluding hydrogens is 330 g/mol. The fourth-order valence-corrected chi connectivity index (χ4v) is 3.76. The maximum absolute atomic E-state index is 13.1. The SMILES string of the molecule is COCCn1c(=O)c(CN2CCCC(C(N)=O)C2)cc2cc(C)ccc21. The van der Waals surface area contributed by atoms with Crippen molar-refractivity contribution in [2.45, 2.75) is 32.9 Å². The standard InChI is InChI=1S/C20H27N3O3/c1-14-5-6-18-16(10-14)11-17(20(25)23(18)8-9-26-2)13-22-7-3-4-15(12-22)19(21)24/h5-6,10-11,15H,3-4,7-9,12-13H2,1-2H3,(H2,21,24). The van der Waals surface area contributed by atoms with Crippen molar-refractivity contribution < 1.29 is 9.53 Å². The van der Waals surface area contributed by atoms with Gasteiger partial charge in [-0.15, -0.1) is 0 Å². The largest absolute Gasteiger partial charge is 0.383 e. The van der Waals surface area contributed by atoms with Crippen molar-refractivity contribution in [3.8, 4) is 0 Å². The van der Waals surface area contributed by atoms with Crippen LogP contribution in [0.3, 0.4) is 0 Å². The Hall–Kier alpha value is -2.18. The second kappa shape index (κ2) is 8.01. The van der Waals surface area contributed by atoms with Crippen LogP contribution in [0.4, 0.5) is 0 Å². The lowest BCUT2D eigenvalue weighted by Crippen LogP contribution is -2.41. The van der Waals surface area contributed by atoms with Gasteiger partial charge in [0.2, 0.25) is 5.91 Å². The maximum Gasteiger partial charge on any atom is 0.255 e. The molecule has 1 saturated heterocycles. The van der Waals surface area contributed by atoms with Crippen molar-refractivity contribution in [3.05, 3.63) is 45.7 Å². The van der Waals surface area contributed by atoms with E-state index >= 15 is 0 Å². The van der Waals surface area contributed by atoms with Gasteiger partial charge in [-0.2, -0.15) is 0 Å². The van der Waals surface area contributed by atoms with Crippen LogP contribution in [0.5, 0.6) is 0 Å². The highest BCUT2D eigenvalue weighted by atomic mass is 16.5. The number of carbonyl (C=O) groups excluding carboxylic acids is 1. The fraction of sp³-hybridized carbons (Fsp3) is 0.500. The van der Waals surface area contributed by atoms with Crippen LogP contribution in [0.25, 0.3) is 10.9 Å². The summed E-state index contributed by atoms with van der Waals surface area (Å²) in [6, 6.07) is 8.11. The number of amides is 1. The zero-order valence-corrected chi connectivity index (χ0v) is 15.5. The van der Waals surface area contributed by atoms with Crippen LogP contribution < -0.4 is 11.3 Å². The highest BCUT2D eigenvalue weighted by Crippen LogP contribution is 2.20. The smallest absolute Gasteiger partial charge is 0.255 e. The number of methoxy groups -OCH3 is 1. The zero-order chi connectivity index (χ0) is 18.7. The first-order valence-corrected chi connectivity index (χ1v) is 9.13. The number of piperidine rings is 1. The second-order valence-electron chi connectivity index (χ2n) is 7.16. The highest BCUT2D eigenvalue weighted by Gasteiger charge is 2.24. The molecule has 26 heavy (non-hydrogen) atoms. The van der Waals surface area contributed by atoms with Crippen LogP contribution in [0.1, 0.15) is 24.0 Å². The van der Waals surface area contributed by atoms with Gasteiger partial charge in [-0.25, -0.2) is 0 Å². The zero-order valence-electron chi connectivity index (χ0n) is 15.5. The summed E-state index contributed by atoms with van der Waals surface area (Å²) >= 11 is 0. The summed E-state index contributed by atoms with van der Waals surface area (Å²) in [4.78, 5) is 26.7. The number of fused-ring (bicyclic) bond motifs is 1. The lowest BCUT2D eigenvalue weighted by molar-refractivity contribution is -0.123. The lowest BCUT2D eigenvalue weighted by atomic mass is 9.97. The minimum absolute atomic E-state index is 0.0135. The van der Waals surface area contributed by atoms with Crippen molar-refractivity contribution >= 4 is 16.8 Å². The predicted octanol–water partition coefficient (Wildman–Crippen LogP) is 1.65. The van der Waals surface area contributed by atoms with Gasteiger partial charge in [0.15, 0.2) is 0 Å². The van der Waals surface area contributed by atoms with Crippen molar-refractivity contribution in [1.82, 2.24) is 9.47 Å². The molecule has 6 nitrogen and oxygen atoms in total. The van der Waals surface area contributed by atoms with Crippen LogP contribution in [0.2, 0.25) is 0 Å². The quantitative estimate of drug-likeness (QED) is 0.853. The van der Waals surface area contributed by atoms with Gasteiger partial charge in [-0.1, -0.05) is 11.6 Å². The van der Waals surface area contributed by atoms with E-state index in [2.05, 4.69) is 11.0 Å². The number of rotatable bonds is 6. The molecule has 2 aromatic rings. The first-order valence-electron chi connectivity index (χ1n) is 9.13. The Morgan fingerprint density at radius 3 is 2.88 bits per heavy atom. The van der Waals surface area contributed by atoms with E-state index in [1.54, 1.807) is 11.7 Å². The molecule has 0 spiro atoms. The van der Waals surface area contributed by atoms with Gasteiger partial charge in [0.1, 0.15) is 0 Å². The Bertz CT molecular complexity index is 859. The highest BCUT2D eigenvalue weighted by molar-refractivity contribution is 5.80. The summed E-state index contributed by atoms with van der Waals surface area (Å²) in [6.07, 6.45) is 1.76. The third kappa shape index (κ3) is 3.97. The van der Waals surface area contributed by atoms with Crippen molar-refractivity contribution in [2.75, 3.05) is 26.8 Å². The second-order valence-corrected chi connectivity index (χ2v) is 7.16. The number of hydrogen-bond donors (Lipinski definition) is 1. The summed E-state index contributed by atoms with van der Waals surface area (Å²) in [5, 5.41) is 1.05. The molecule has 1 atom stereocenters. The molecule has 140 valence electrons. The van der Waals surface area contributed by atoms with E-state index < -0.39 is 0 Å². The molecular formula is C20H27N3O3. The number of likely N-dealkylation sites (tertiary alicyclic amines) is 1. The van der Waals surface area contributed by atoms with E-state index in [1.807, 2.05) is 25.1 Å². The molecule has 6 heteroatoms. The summed E-state index contributed by atoms with van der Waals surface area (Å²) in [5.74, 6) is -0.372. The van der Waals surface area contributed by atoms with Crippen molar-refractivity contribution in [3.63, 3.8) is 0 Å². The van der Waals surface area contributed by atoms with E-state index in [-0.39, 0.29) is 17.4 Å². The van der Waals surface area contributed by atoms with Crippen molar-refractivity contribution in [2.24, 2.45) is 11.7 Å². The van der Waals surface area contributed by atoms with Gasteiger partial charge in [0, 0.05) is 32.3 Å². The number of aromatic nitrogens is 1. The number of pyridine rings is 1. The molecule has 1 unspecified atom stereocenters. The Balaban J connectivity index is 1.95. The van der Waals surface area contributed by atoms with Gasteiger partial charge in [-0.05, 0) is 49.9 Å². The Kier molecular flexibility index (Phi) is 5.74. The molecule has 2 heterocycles. The van der Waals surface area contributed by atoms with Crippen LogP contribution >= 0.6 is 0 Å². The average molecular weight is 357 g/mol. The van der Waals surface area contributed by atoms with Crippen molar-refractivity contribution in [1.29, 1.82) is 0 Å². The van der Waals surface area contributed by atoms with E-state index in [0.717, 1.165) is 41.4 Å². The molecule has 1 fully saturated rings. The molecule has 1 aromatic heterocycles.